The number of rotatable bonds is 3. The van der Waals surface area contributed by atoms with Gasteiger partial charge in [0.15, 0.2) is 6.17 Å². The second-order valence-electron chi connectivity index (χ2n) is 6.87. The number of benzene rings is 2. The van der Waals surface area contributed by atoms with E-state index in [9.17, 15) is 0 Å². The van der Waals surface area contributed by atoms with Gasteiger partial charge in [0.1, 0.15) is 6.17 Å². The first-order valence-electron chi connectivity index (χ1n) is 8.88. The molecule has 0 amide bonds. The first-order chi connectivity index (χ1) is 12.2. The fraction of sp³-hybridized carbons (Fsp3) is 0.273. The Bertz CT molecular complexity index is 835. The second-order valence-corrected chi connectivity index (χ2v) is 6.87. The first kappa shape index (κ1) is 16.0. The molecule has 1 heterocycles. The van der Waals surface area contributed by atoms with E-state index in [0.29, 0.717) is 5.92 Å². The minimum atomic E-state index is -0.0207. The van der Waals surface area contributed by atoms with Gasteiger partial charge in [0.2, 0.25) is 0 Å². The molecule has 0 N–H and O–H groups in total. The lowest BCUT2D eigenvalue weighted by Crippen LogP contribution is -2.32. The molecule has 3 atom stereocenters. The molecule has 1 aliphatic carbocycles. The topological polar surface area (TPSA) is 28.0 Å². The van der Waals surface area contributed by atoms with E-state index in [1.54, 1.807) is 0 Å². The minimum absolute atomic E-state index is 0.0207. The molecule has 126 valence electrons. The van der Waals surface area contributed by atoms with Crippen molar-refractivity contribution in [2.75, 3.05) is 7.05 Å². The van der Waals surface area contributed by atoms with Gasteiger partial charge in [-0.05, 0) is 47.7 Å². The van der Waals surface area contributed by atoms with Gasteiger partial charge in [0.05, 0.1) is 0 Å². The third kappa shape index (κ3) is 3.08. The van der Waals surface area contributed by atoms with Crippen LogP contribution in [0.4, 0.5) is 0 Å². The molecule has 2 aromatic carbocycles. The zero-order valence-electron chi connectivity index (χ0n) is 14.7. The Hall–Kier alpha value is -2.52. The smallest absolute Gasteiger partial charge is 0.150 e. The van der Waals surface area contributed by atoms with Crippen LogP contribution in [0, 0.1) is 5.92 Å². The van der Waals surface area contributed by atoms with Crippen molar-refractivity contribution in [1.29, 1.82) is 0 Å². The highest BCUT2D eigenvalue weighted by Crippen LogP contribution is 2.37. The molecule has 3 unspecified atom stereocenters. The summed E-state index contributed by atoms with van der Waals surface area (Å²) in [6, 6.07) is 19.1. The zero-order chi connectivity index (χ0) is 17.2. The van der Waals surface area contributed by atoms with Crippen molar-refractivity contribution in [1.82, 2.24) is 4.90 Å². The predicted octanol–water partition coefficient (Wildman–Crippen LogP) is 5.60. The molecule has 0 aromatic heterocycles. The van der Waals surface area contributed by atoms with E-state index in [1.165, 1.54) is 22.3 Å². The first-order valence-corrected chi connectivity index (χ1v) is 8.88. The van der Waals surface area contributed by atoms with Gasteiger partial charge in [-0.2, -0.15) is 10.2 Å². The summed E-state index contributed by atoms with van der Waals surface area (Å²) in [5, 5.41) is 9.20. The van der Waals surface area contributed by atoms with Crippen molar-refractivity contribution in [3.05, 3.63) is 84.0 Å². The van der Waals surface area contributed by atoms with Crippen LogP contribution < -0.4 is 0 Å². The third-order valence-corrected chi connectivity index (χ3v) is 5.13. The molecule has 2 aliphatic rings. The van der Waals surface area contributed by atoms with E-state index in [-0.39, 0.29) is 12.3 Å². The summed E-state index contributed by atoms with van der Waals surface area (Å²) in [7, 11) is 2.12. The maximum atomic E-state index is 4.60. The molecule has 0 saturated carbocycles. The number of likely N-dealkylation sites (N-methyl/N-ethyl adjacent to an activating group) is 1. The molecule has 0 saturated heterocycles. The predicted molar refractivity (Wildman–Crippen MR) is 102 cm³/mol. The van der Waals surface area contributed by atoms with E-state index in [2.05, 4.69) is 95.9 Å². The Morgan fingerprint density at radius 3 is 2.48 bits per heavy atom. The number of hydrogen-bond donors (Lipinski definition) is 0. The van der Waals surface area contributed by atoms with Gasteiger partial charge in [0, 0.05) is 0 Å². The van der Waals surface area contributed by atoms with Crippen LogP contribution in [0.15, 0.2) is 88.6 Å². The Morgan fingerprint density at radius 2 is 1.68 bits per heavy atom. The molecule has 0 bridgehead atoms. The quantitative estimate of drug-likeness (QED) is 0.720. The summed E-state index contributed by atoms with van der Waals surface area (Å²) in [6.07, 6.45) is 7.68. The maximum Gasteiger partial charge on any atom is 0.150 e. The highest BCUT2D eigenvalue weighted by atomic mass is 15.5. The maximum absolute atomic E-state index is 4.60. The molecule has 0 spiro atoms. The summed E-state index contributed by atoms with van der Waals surface area (Å²) >= 11 is 0. The molecule has 4 rings (SSSR count). The van der Waals surface area contributed by atoms with Crippen molar-refractivity contribution < 1.29 is 0 Å². The fourth-order valence-electron chi connectivity index (χ4n) is 3.64. The summed E-state index contributed by atoms with van der Waals surface area (Å²) in [6.45, 7) is 2.27. The molecular weight excluding hydrogens is 306 g/mol. The summed E-state index contributed by atoms with van der Waals surface area (Å²) in [5.41, 5.74) is 5.00. The molecule has 0 radical (unpaired) electrons. The van der Waals surface area contributed by atoms with Crippen LogP contribution in [0.25, 0.3) is 11.1 Å². The normalized spacial score (nSPS) is 26.0. The van der Waals surface area contributed by atoms with Crippen molar-refractivity contribution >= 4 is 0 Å². The highest BCUT2D eigenvalue weighted by Gasteiger charge is 2.34. The Kier molecular flexibility index (Phi) is 4.33. The molecule has 0 fully saturated rings. The van der Waals surface area contributed by atoms with Crippen LogP contribution in [0.2, 0.25) is 0 Å². The van der Waals surface area contributed by atoms with Crippen LogP contribution in [-0.4, -0.2) is 18.1 Å². The Balaban J connectivity index is 1.60. The standard InChI is InChI=1S/C22H23N3/c1-16-9-6-7-14-20(16)22-24-23-21(25(22)2)19-13-8-12-18(15-19)17-10-4-3-5-11-17/h3-8,10-16,21-22H,9H2,1-2H3. The monoisotopic (exact) mass is 329 g/mol. The average Bonchev–Trinajstić information content (AvgIpc) is 3.04. The van der Waals surface area contributed by atoms with E-state index < -0.39 is 0 Å². The third-order valence-electron chi connectivity index (χ3n) is 5.13. The van der Waals surface area contributed by atoms with Crippen molar-refractivity contribution in [3.8, 4) is 11.1 Å². The van der Waals surface area contributed by atoms with Crippen molar-refractivity contribution in [2.24, 2.45) is 16.1 Å². The van der Waals surface area contributed by atoms with Crippen molar-refractivity contribution in [3.63, 3.8) is 0 Å². The SMILES string of the molecule is CC1CC=CC=C1C1N=NC(c2cccc(-c3ccccc3)c2)N1C. The van der Waals surface area contributed by atoms with Gasteiger partial charge in [-0.15, -0.1) is 0 Å². The Labute approximate surface area is 149 Å². The zero-order valence-corrected chi connectivity index (χ0v) is 14.7. The second kappa shape index (κ2) is 6.77. The van der Waals surface area contributed by atoms with E-state index in [4.69, 9.17) is 0 Å². The number of allylic oxidation sites excluding steroid dienone is 3. The summed E-state index contributed by atoms with van der Waals surface area (Å²) < 4.78 is 0. The molecular formula is C22H23N3. The molecule has 3 heteroatoms. The lowest BCUT2D eigenvalue weighted by atomic mass is 9.91. The lowest BCUT2D eigenvalue weighted by Gasteiger charge is -2.28. The molecule has 25 heavy (non-hydrogen) atoms. The largest absolute Gasteiger partial charge is 0.252 e. The van der Waals surface area contributed by atoms with Gasteiger partial charge in [-0.1, -0.05) is 73.7 Å². The van der Waals surface area contributed by atoms with Gasteiger partial charge < -0.3 is 0 Å². The number of azo groups is 1. The van der Waals surface area contributed by atoms with Crippen LogP contribution in [0.5, 0.6) is 0 Å². The summed E-state index contributed by atoms with van der Waals surface area (Å²) in [5.74, 6) is 0.519. The van der Waals surface area contributed by atoms with Crippen LogP contribution >= 0.6 is 0 Å². The van der Waals surface area contributed by atoms with Crippen molar-refractivity contribution in [2.45, 2.75) is 25.7 Å². The van der Waals surface area contributed by atoms with Crippen LogP contribution in [0.1, 0.15) is 25.1 Å². The lowest BCUT2D eigenvalue weighted by molar-refractivity contribution is 0.244. The Morgan fingerprint density at radius 1 is 0.920 bits per heavy atom. The summed E-state index contributed by atoms with van der Waals surface area (Å²) in [4.78, 5) is 2.27. The van der Waals surface area contributed by atoms with Gasteiger partial charge in [-0.25, -0.2) is 0 Å². The van der Waals surface area contributed by atoms with E-state index in [1.807, 2.05) is 6.07 Å². The number of nitrogens with zero attached hydrogens (tertiary/aromatic N) is 3. The fourth-order valence-corrected chi connectivity index (χ4v) is 3.64. The van der Waals surface area contributed by atoms with Crippen LogP contribution in [0.3, 0.4) is 0 Å². The molecule has 2 aromatic rings. The number of hydrogen-bond acceptors (Lipinski definition) is 3. The minimum Gasteiger partial charge on any atom is -0.252 e. The van der Waals surface area contributed by atoms with E-state index >= 15 is 0 Å². The van der Waals surface area contributed by atoms with Gasteiger partial charge >= 0.3 is 0 Å². The molecule has 3 nitrogen and oxygen atoms in total. The van der Waals surface area contributed by atoms with E-state index in [0.717, 1.165) is 6.42 Å². The molecule has 1 aliphatic heterocycles. The van der Waals surface area contributed by atoms with Gasteiger partial charge in [0.25, 0.3) is 0 Å². The van der Waals surface area contributed by atoms with Gasteiger partial charge in [-0.3, -0.25) is 4.90 Å². The van der Waals surface area contributed by atoms with Crippen LogP contribution in [-0.2, 0) is 0 Å². The average molecular weight is 329 g/mol. The highest BCUT2D eigenvalue weighted by molar-refractivity contribution is 5.64.